The number of ether oxygens (including phenoxy) is 1. The first-order chi connectivity index (χ1) is 10.8. The van der Waals surface area contributed by atoms with Gasteiger partial charge in [-0.05, 0) is 43.0 Å². The first kappa shape index (κ1) is 13.6. The van der Waals surface area contributed by atoms with Crippen LogP contribution in [0.5, 0.6) is 0 Å². The fourth-order valence-corrected chi connectivity index (χ4v) is 3.29. The van der Waals surface area contributed by atoms with Crippen LogP contribution in [0.3, 0.4) is 0 Å². The Hall–Kier alpha value is -2.01. The number of rotatable bonds is 1. The van der Waals surface area contributed by atoms with Crippen LogP contribution in [0.1, 0.15) is 30.5 Å². The predicted molar refractivity (Wildman–Crippen MR) is 82.3 cm³/mol. The van der Waals surface area contributed by atoms with Crippen LogP contribution in [0.4, 0.5) is 0 Å². The molecule has 1 atom stereocenters. The Morgan fingerprint density at radius 1 is 1.36 bits per heavy atom. The van der Waals surface area contributed by atoms with Gasteiger partial charge in [0.1, 0.15) is 6.10 Å². The molecular weight excluding hydrogens is 278 g/mol. The van der Waals surface area contributed by atoms with Crippen molar-refractivity contribution in [2.24, 2.45) is 0 Å². The highest BCUT2D eigenvalue weighted by Crippen LogP contribution is 2.23. The standard InChI is InChI=1S/C17H19N3O2/c21-17(15-5-1-2-9-22-15)20-8-6-14-13(11-20)10-12-4-3-7-18-16(12)19-14/h3-4,7,10,15H,1-2,5-6,8-9,11H2. The lowest BCUT2D eigenvalue weighted by atomic mass is 10.0. The highest BCUT2D eigenvalue weighted by molar-refractivity contribution is 5.82. The first-order valence-corrected chi connectivity index (χ1v) is 7.95. The second-order valence-electron chi connectivity index (χ2n) is 6.01. The summed E-state index contributed by atoms with van der Waals surface area (Å²) in [4.78, 5) is 23.5. The minimum atomic E-state index is -0.245. The first-order valence-electron chi connectivity index (χ1n) is 7.95. The average molecular weight is 297 g/mol. The van der Waals surface area contributed by atoms with Gasteiger partial charge in [-0.2, -0.15) is 0 Å². The van der Waals surface area contributed by atoms with Crippen molar-refractivity contribution in [3.05, 3.63) is 35.7 Å². The quantitative estimate of drug-likeness (QED) is 0.808. The lowest BCUT2D eigenvalue weighted by molar-refractivity contribution is -0.147. The van der Waals surface area contributed by atoms with Crippen molar-refractivity contribution in [1.82, 2.24) is 14.9 Å². The number of fused-ring (bicyclic) bond motifs is 2. The van der Waals surface area contributed by atoms with Crippen LogP contribution in [0, 0.1) is 0 Å². The van der Waals surface area contributed by atoms with E-state index >= 15 is 0 Å². The van der Waals surface area contributed by atoms with Crippen LogP contribution < -0.4 is 0 Å². The highest BCUT2D eigenvalue weighted by atomic mass is 16.5. The molecule has 0 saturated carbocycles. The van der Waals surface area contributed by atoms with Crippen molar-refractivity contribution in [2.75, 3.05) is 13.2 Å². The van der Waals surface area contributed by atoms with Gasteiger partial charge in [0.25, 0.3) is 5.91 Å². The topological polar surface area (TPSA) is 55.3 Å². The maximum Gasteiger partial charge on any atom is 0.252 e. The molecule has 0 bridgehead atoms. The van der Waals surface area contributed by atoms with Crippen LogP contribution in [0.15, 0.2) is 24.4 Å². The molecule has 22 heavy (non-hydrogen) atoms. The molecule has 2 aliphatic rings. The van der Waals surface area contributed by atoms with Gasteiger partial charge < -0.3 is 9.64 Å². The second-order valence-corrected chi connectivity index (χ2v) is 6.01. The molecule has 2 aliphatic heterocycles. The Morgan fingerprint density at radius 2 is 2.32 bits per heavy atom. The van der Waals surface area contributed by atoms with Crippen molar-refractivity contribution in [3.63, 3.8) is 0 Å². The number of hydrogen-bond acceptors (Lipinski definition) is 4. The minimum Gasteiger partial charge on any atom is -0.368 e. The summed E-state index contributed by atoms with van der Waals surface area (Å²) in [5.41, 5.74) is 2.99. The Labute approximate surface area is 129 Å². The number of carbonyl (C=O) groups excluding carboxylic acids is 1. The van der Waals surface area contributed by atoms with Gasteiger partial charge in [-0.3, -0.25) is 4.79 Å². The summed E-state index contributed by atoms with van der Waals surface area (Å²) in [5, 5.41) is 1.03. The molecule has 0 spiro atoms. The third-order valence-electron chi connectivity index (χ3n) is 4.50. The number of hydrogen-bond donors (Lipinski definition) is 0. The zero-order valence-corrected chi connectivity index (χ0v) is 12.5. The molecule has 4 heterocycles. The van der Waals surface area contributed by atoms with Gasteiger partial charge in [-0.25, -0.2) is 9.97 Å². The Morgan fingerprint density at radius 3 is 3.18 bits per heavy atom. The minimum absolute atomic E-state index is 0.136. The third-order valence-corrected chi connectivity index (χ3v) is 4.50. The molecule has 2 aromatic heterocycles. The van der Waals surface area contributed by atoms with Crippen molar-refractivity contribution < 1.29 is 9.53 Å². The zero-order chi connectivity index (χ0) is 14.9. The van der Waals surface area contributed by atoms with Crippen molar-refractivity contribution in [1.29, 1.82) is 0 Å². The van der Waals surface area contributed by atoms with Gasteiger partial charge in [0.05, 0.1) is 0 Å². The third kappa shape index (κ3) is 2.46. The van der Waals surface area contributed by atoms with Crippen LogP contribution in [0.2, 0.25) is 0 Å². The molecule has 5 heteroatoms. The SMILES string of the molecule is O=C(C1CCCCO1)N1CCc2nc3ncccc3cc2C1. The summed E-state index contributed by atoms with van der Waals surface area (Å²) in [6.07, 6.45) is 5.31. The molecule has 0 radical (unpaired) electrons. The summed E-state index contributed by atoms with van der Waals surface area (Å²) < 4.78 is 5.63. The molecule has 1 unspecified atom stereocenters. The number of amides is 1. The molecule has 1 saturated heterocycles. The van der Waals surface area contributed by atoms with Crippen molar-refractivity contribution in [2.45, 2.75) is 38.3 Å². The van der Waals surface area contributed by atoms with E-state index in [9.17, 15) is 4.79 Å². The molecule has 0 aromatic carbocycles. The number of carbonyl (C=O) groups is 1. The van der Waals surface area contributed by atoms with E-state index < -0.39 is 0 Å². The lowest BCUT2D eigenvalue weighted by Gasteiger charge is -2.32. The molecule has 0 aliphatic carbocycles. The van der Waals surface area contributed by atoms with E-state index in [1.165, 1.54) is 0 Å². The van der Waals surface area contributed by atoms with E-state index in [1.807, 2.05) is 17.0 Å². The largest absolute Gasteiger partial charge is 0.368 e. The van der Waals surface area contributed by atoms with E-state index in [1.54, 1.807) is 6.20 Å². The fraction of sp³-hybridized carbons (Fsp3) is 0.471. The maximum absolute atomic E-state index is 12.6. The summed E-state index contributed by atoms with van der Waals surface area (Å²) in [6, 6.07) is 6.05. The predicted octanol–water partition coefficient (Wildman–Crippen LogP) is 2.08. The van der Waals surface area contributed by atoms with Gasteiger partial charge in [0.15, 0.2) is 5.65 Å². The van der Waals surface area contributed by atoms with Crippen LogP contribution in [-0.4, -0.2) is 40.0 Å². The van der Waals surface area contributed by atoms with Gasteiger partial charge >= 0.3 is 0 Å². The molecule has 2 aromatic rings. The monoisotopic (exact) mass is 297 g/mol. The number of nitrogens with zero attached hydrogens (tertiary/aromatic N) is 3. The molecule has 5 nitrogen and oxygen atoms in total. The number of pyridine rings is 2. The van der Waals surface area contributed by atoms with E-state index in [2.05, 4.69) is 16.0 Å². The molecule has 0 N–H and O–H groups in total. The summed E-state index contributed by atoms with van der Waals surface area (Å²) in [6.45, 7) is 2.06. The fourth-order valence-electron chi connectivity index (χ4n) is 3.29. The van der Waals surface area contributed by atoms with Crippen molar-refractivity contribution >= 4 is 16.9 Å². The number of aromatic nitrogens is 2. The Bertz CT molecular complexity index is 710. The van der Waals surface area contributed by atoms with Gasteiger partial charge in [0, 0.05) is 43.4 Å². The Kier molecular flexibility index (Phi) is 3.50. The smallest absolute Gasteiger partial charge is 0.252 e. The van der Waals surface area contributed by atoms with E-state index in [-0.39, 0.29) is 12.0 Å². The van der Waals surface area contributed by atoms with E-state index in [4.69, 9.17) is 4.74 Å². The van der Waals surface area contributed by atoms with E-state index in [0.29, 0.717) is 13.2 Å². The summed E-state index contributed by atoms with van der Waals surface area (Å²) in [5.74, 6) is 0.136. The molecule has 4 rings (SSSR count). The van der Waals surface area contributed by atoms with Crippen LogP contribution >= 0.6 is 0 Å². The van der Waals surface area contributed by atoms with Gasteiger partial charge in [0.2, 0.25) is 0 Å². The summed E-state index contributed by atoms with van der Waals surface area (Å²) >= 11 is 0. The zero-order valence-electron chi connectivity index (χ0n) is 12.5. The lowest BCUT2D eigenvalue weighted by Crippen LogP contribution is -2.44. The van der Waals surface area contributed by atoms with Crippen LogP contribution in [0.25, 0.3) is 11.0 Å². The Balaban J connectivity index is 1.57. The molecule has 114 valence electrons. The van der Waals surface area contributed by atoms with Crippen molar-refractivity contribution in [3.8, 4) is 0 Å². The highest BCUT2D eigenvalue weighted by Gasteiger charge is 2.29. The normalized spacial score (nSPS) is 21.6. The van der Waals surface area contributed by atoms with E-state index in [0.717, 1.165) is 54.5 Å². The average Bonchev–Trinajstić information content (AvgIpc) is 2.59. The summed E-state index contributed by atoms with van der Waals surface area (Å²) in [7, 11) is 0. The second kappa shape index (κ2) is 5.65. The molecular formula is C17H19N3O2. The molecule has 1 amide bonds. The maximum atomic E-state index is 12.6. The molecule has 1 fully saturated rings. The van der Waals surface area contributed by atoms with Gasteiger partial charge in [-0.15, -0.1) is 0 Å². The van der Waals surface area contributed by atoms with Gasteiger partial charge in [-0.1, -0.05) is 0 Å². The van der Waals surface area contributed by atoms with Crippen LogP contribution in [-0.2, 0) is 22.5 Å².